The minimum Gasteiger partial charge on any atom is -0.508 e. The van der Waals surface area contributed by atoms with E-state index in [2.05, 4.69) is 0 Å². The Hall–Kier alpha value is -2.14. The van der Waals surface area contributed by atoms with Crippen molar-refractivity contribution in [3.8, 4) is 11.5 Å². The van der Waals surface area contributed by atoms with Crippen molar-refractivity contribution in [3.63, 3.8) is 0 Å². The average molecular weight is 274 g/mol. The van der Waals surface area contributed by atoms with E-state index < -0.39 is 11.9 Å². The van der Waals surface area contributed by atoms with Crippen LogP contribution < -0.4 is 0 Å². The molecule has 1 aromatic rings. The molecule has 20 heavy (non-hydrogen) atoms. The van der Waals surface area contributed by atoms with E-state index in [-0.39, 0.29) is 34.5 Å². The number of phenols is 2. The SMILES string of the molecule is C[C@@H]1CC2=C(C(=O)c3c(O)cc(O)cc3C2=O)[C@@H](C)O1. The molecular weight excluding hydrogens is 260 g/mol. The topological polar surface area (TPSA) is 83.8 Å². The Bertz CT molecular complexity index is 671. The van der Waals surface area contributed by atoms with Crippen molar-refractivity contribution in [1.29, 1.82) is 0 Å². The van der Waals surface area contributed by atoms with Gasteiger partial charge in [0.15, 0.2) is 11.6 Å². The molecule has 0 bridgehead atoms. The molecule has 0 amide bonds. The number of carbonyl (C=O) groups is 2. The highest BCUT2D eigenvalue weighted by atomic mass is 16.5. The number of fused-ring (bicyclic) bond motifs is 1. The number of phenolic OH excluding ortho intramolecular Hbond substituents is 2. The van der Waals surface area contributed by atoms with E-state index in [1.807, 2.05) is 6.92 Å². The Labute approximate surface area is 115 Å². The number of hydrogen-bond donors (Lipinski definition) is 2. The van der Waals surface area contributed by atoms with Crippen LogP contribution in [0.25, 0.3) is 0 Å². The Balaban J connectivity index is 2.25. The summed E-state index contributed by atoms with van der Waals surface area (Å²) < 4.78 is 5.59. The fourth-order valence-corrected chi connectivity index (χ4v) is 2.97. The lowest BCUT2D eigenvalue weighted by Crippen LogP contribution is -2.36. The van der Waals surface area contributed by atoms with E-state index in [0.29, 0.717) is 17.6 Å². The smallest absolute Gasteiger partial charge is 0.196 e. The summed E-state index contributed by atoms with van der Waals surface area (Å²) in [7, 11) is 0. The van der Waals surface area contributed by atoms with Gasteiger partial charge in [0.2, 0.25) is 0 Å². The molecule has 1 aliphatic heterocycles. The Morgan fingerprint density at radius 2 is 1.85 bits per heavy atom. The number of aromatic hydroxyl groups is 2. The molecule has 0 radical (unpaired) electrons. The quantitative estimate of drug-likeness (QED) is 0.755. The van der Waals surface area contributed by atoms with Gasteiger partial charge in [-0.15, -0.1) is 0 Å². The van der Waals surface area contributed by atoms with Crippen LogP contribution >= 0.6 is 0 Å². The Kier molecular flexibility index (Phi) is 2.69. The lowest BCUT2D eigenvalue weighted by molar-refractivity contribution is 0.0148. The van der Waals surface area contributed by atoms with E-state index in [1.165, 1.54) is 6.07 Å². The summed E-state index contributed by atoms with van der Waals surface area (Å²) in [4.78, 5) is 25.0. The number of ketones is 2. The van der Waals surface area contributed by atoms with Gasteiger partial charge in [-0.1, -0.05) is 0 Å². The van der Waals surface area contributed by atoms with Crippen LogP contribution in [0, 0.1) is 0 Å². The van der Waals surface area contributed by atoms with Gasteiger partial charge in [0, 0.05) is 29.2 Å². The second-order valence-corrected chi connectivity index (χ2v) is 5.23. The molecule has 0 saturated carbocycles. The van der Waals surface area contributed by atoms with E-state index in [1.54, 1.807) is 6.92 Å². The van der Waals surface area contributed by atoms with Crippen LogP contribution in [0.15, 0.2) is 23.3 Å². The molecule has 5 heteroatoms. The van der Waals surface area contributed by atoms with Crippen LogP contribution in [-0.4, -0.2) is 34.0 Å². The van der Waals surface area contributed by atoms with Gasteiger partial charge in [0.25, 0.3) is 0 Å². The molecule has 2 aliphatic rings. The first kappa shape index (κ1) is 12.9. The summed E-state index contributed by atoms with van der Waals surface area (Å²) in [5, 5.41) is 19.4. The second kappa shape index (κ2) is 4.18. The third-order valence-corrected chi connectivity index (χ3v) is 3.75. The molecule has 0 saturated heterocycles. The lowest BCUT2D eigenvalue weighted by Gasteiger charge is -2.32. The zero-order chi connectivity index (χ0) is 14.6. The number of ether oxygens (including phenoxy) is 1. The van der Waals surface area contributed by atoms with Gasteiger partial charge in [-0.05, 0) is 19.9 Å². The molecule has 1 aromatic carbocycles. The van der Waals surface area contributed by atoms with Crippen molar-refractivity contribution >= 4 is 11.6 Å². The molecule has 3 rings (SSSR count). The van der Waals surface area contributed by atoms with E-state index >= 15 is 0 Å². The molecule has 1 heterocycles. The summed E-state index contributed by atoms with van der Waals surface area (Å²) in [6.45, 7) is 3.56. The molecule has 0 spiro atoms. The van der Waals surface area contributed by atoms with E-state index in [9.17, 15) is 19.8 Å². The standard InChI is InChI=1S/C15H14O5/c1-6-3-9-12(7(2)20-6)15(19)13-10(14(9)18)4-8(16)5-11(13)17/h4-7,16-17H,3H2,1-2H3/t6-,7-/m1/s1. The normalized spacial score (nSPS) is 25.5. The maximum absolute atomic E-state index is 12.5. The Morgan fingerprint density at radius 1 is 1.15 bits per heavy atom. The van der Waals surface area contributed by atoms with Gasteiger partial charge in [0.05, 0.1) is 17.8 Å². The van der Waals surface area contributed by atoms with Gasteiger partial charge < -0.3 is 14.9 Å². The van der Waals surface area contributed by atoms with Gasteiger partial charge >= 0.3 is 0 Å². The summed E-state index contributed by atoms with van der Waals surface area (Å²) in [5.74, 6) is -1.33. The summed E-state index contributed by atoms with van der Waals surface area (Å²) >= 11 is 0. The summed E-state index contributed by atoms with van der Waals surface area (Å²) in [5.41, 5.74) is 0.768. The summed E-state index contributed by atoms with van der Waals surface area (Å²) in [6.07, 6.45) is -0.264. The summed E-state index contributed by atoms with van der Waals surface area (Å²) in [6, 6.07) is 2.29. The van der Waals surface area contributed by atoms with E-state index in [4.69, 9.17) is 4.74 Å². The minimum atomic E-state index is -0.480. The molecule has 2 atom stereocenters. The van der Waals surface area contributed by atoms with Crippen molar-refractivity contribution in [3.05, 3.63) is 34.4 Å². The molecule has 5 nitrogen and oxygen atoms in total. The van der Waals surface area contributed by atoms with Crippen molar-refractivity contribution in [2.24, 2.45) is 0 Å². The third-order valence-electron chi connectivity index (χ3n) is 3.75. The van der Waals surface area contributed by atoms with Gasteiger partial charge in [-0.3, -0.25) is 9.59 Å². The fourth-order valence-electron chi connectivity index (χ4n) is 2.97. The maximum Gasteiger partial charge on any atom is 0.196 e. The van der Waals surface area contributed by atoms with Gasteiger partial charge in [-0.2, -0.15) is 0 Å². The third kappa shape index (κ3) is 1.67. The number of benzene rings is 1. The minimum absolute atomic E-state index is 0.0449. The van der Waals surface area contributed by atoms with Crippen LogP contribution in [0.5, 0.6) is 11.5 Å². The van der Waals surface area contributed by atoms with Gasteiger partial charge in [0.1, 0.15) is 11.5 Å². The highest BCUT2D eigenvalue weighted by Gasteiger charge is 2.40. The fraction of sp³-hybridized carbons (Fsp3) is 0.333. The zero-order valence-corrected chi connectivity index (χ0v) is 11.1. The lowest BCUT2D eigenvalue weighted by atomic mass is 9.78. The number of hydrogen-bond acceptors (Lipinski definition) is 5. The van der Waals surface area contributed by atoms with Crippen molar-refractivity contribution in [2.75, 3.05) is 0 Å². The van der Waals surface area contributed by atoms with Crippen LogP contribution in [0.4, 0.5) is 0 Å². The van der Waals surface area contributed by atoms with Crippen molar-refractivity contribution in [2.45, 2.75) is 32.5 Å². The first-order chi connectivity index (χ1) is 9.40. The molecule has 0 unspecified atom stereocenters. The van der Waals surface area contributed by atoms with Crippen LogP contribution in [0.3, 0.4) is 0 Å². The molecular formula is C15H14O5. The monoisotopic (exact) mass is 274 g/mol. The molecule has 1 aliphatic carbocycles. The van der Waals surface area contributed by atoms with E-state index in [0.717, 1.165) is 6.07 Å². The maximum atomic E-state index is 12.5. The molecule has 2 N–H and O–H groups in total. The number of carbonyl (C=O) groups excluding carboxylic acids is 2. The highest BCUT2D eigenvalue weighted by molar-refractivity contribution is 6.28. The number of Topliss-reactive ketones (excluding diaryl/α,β-unsaturated/α-hetero) is 2. The van der Waals surface area contributed by atoms with Crippen LogP contribution in [0.2, 0.25) is 0 Å². The number of rotatable bonds is 0. The highest BCUT2D eigenvalue weighted by Crippen LogP contribution is 2.40. The van der Waals surface area contributed by atoms with Crippen LogP contribution in [0.1, 0.15) is 41.0 Å². The molecule has 0 fully saturated rings. The first-order valence-corrected chi connectivity index (χ1v) is 6.44. The Morgan fingerprint density at radius 3 is 2.55 bits per heavy atom. The second-order valence-electron chi connectivity index (χ2n) is 5.23. The molecule has 104 valence electrons. The first-order valence-electron chi connectivity index (χ1n) is 6.44. The largest absolute Gasteiger partial charge is 0.508 e. The molecule has 0 aromatic heterocycles. The van der Waals surface area contributed by atoms with Crippen LogP contribution in [-0.2, 0) is 4.74 Å². The van der Waals surface area contributed by atoms with Gasteiger partial charge in [-0.25, -0.2) is 0 Å². The predicted octanol–water partition coefficient (Wildman–Crippen LogP) is 1.97. The van der Waals surface area contributed by atoms with Crippen molar-refractivity contribution in [1.82, 2.24) is 0 Å². The zero-order valence-electron chi connectivity index (χ0n) is 11.1. The predicted molar refractivity (Wildman–Crippen MR) is 70.1 cm³/mol. The van der Waals surface area contributed by atoms with Crippen molar-refractivity contribution < 1.29 is 24.5 Å². The average Bonchev–Trinajstić information content (AvgIpc) is 2.34.